The minimum atomic E-state index is -2.93. The molecule has 0 bridgehead atoms. The number of pyridine rings is 1. The van der Waals surface area contributed by atoms with Crippen molar-refractivity contribution in [3.63, 3.8) is 0 Å². The van der Waals surface area contributed by atoms with Crippen LogP contribution in [0.15, 0.2) is 42.6 Å². The van der Waals surface area contributed by atoms with Crippen LogP contribution in [0.1, 0.15) is 41.6 Å². The van der Waals surface area contributed by atoms with Gasteiger partial charge in [0.1, 0.15) is 11.9 Å². The fourth-order valence-corrected chi connectivity index (χ4v) is 2.90. The molecule has 0 radical (unpaired) electrons. The summed E-state index contributed by atoms with van der Waals surface area (Å²) < 4.78 is 34.7. The van der Waals surface area contributed by atoms with Crippen molar-refractivity contribution in [2.24, 2.45) is 0 Å². The quantitative estimate of drug-likeness (QED) is 0.811. The van der Waals surface area contributed by atoms with Crippen molar-refractivity contribution in [3.8, 4) is 11.6 Å². The van der Waals surface area contributed by atoms with Crippen LogP contribution in [0.3, 0.4) is 0 Å². The normalized spacial score (nSPS) is 14.4. The molecule has 0 atom stereocenters. The van der Waals surface area contributed by atoms with Crippen molar-refractivity contribution >= 4 is 5.91 Å². The Balaban J connectivity index is 1.57. The monoisotopic (exact) mass is 362 g/mol. The van der Waals surface area contributed by atoms with Gasteiger partial charge in [-0.3, -0.25) is 4.79 Å². The fraction of sp³-hybridized carbons (Fsp3) is 0.368. The van der Waals surface area contributed by atoms with Crippen LogP contribution < -0.4 is 14.8 Å². The predicted molar refractivity (Wildman–Crippen MR) is 91.4 cm³/mol. The van der Waals surface area contributed by atoms with Crippen molar-refractivity contribution < 1.29 is 23.0 Å². The molecule has 5 nitrogen and oxygen atoms in total. The molecule has 1 amide bonds. The summed E-state index contributed by atoms with van der Waals surface area (Å²) in [7, 11) is 0. The van der Waals surface area contributed by atoms with Gasteiger partial charge in [-0.25, -0.2) is 4.98 Å². The molecular formula is C19H20F2N2O3. The van der Waals surface area contributed by atoms with E-state index in [4.69, 9.17) is 4.74 Å². The second kappa shape index (κ2) is 8.60. The number of nitrogens with zero attached hydrogens (tertiary/aromatic N) is 1. The van der Waals surface area contributed by atoms with Crippen LogP contribution in [-0.2, 0) is 6.54 Å². The molecule has 7 heteroatoms. The van der Waals surface area contributed by atoms with E-state index in [1.54, 1.807) is 18.3 Å². The number of rotatable bonds is 7. The minimum absolute atomic E-state index is 0.0520. The molecule has 26 heavy (non-hydrogen) atoms. The van der Waals surface area contributed by atoms with E-state index in [2.05, 4.69) is 15.0 Å². The molecular weight excluding hydrogens is 342 g/mol. The van der Waals surface area contributed by atoms with Gasteiger partial charge in [0.25, 0.3) is 5.91 Å². The summed E-state index contributed by atoms with van der Waals surface area (Å²) in [4.78, 5) is 16.4. The van der Waals surface area contributed by atoms with Crippen LogP contribution in [-0.4, -0.2) is 23.6 Å². The molecule has 1 heterocycles. The van der Waals surface area contributed by atoms with Gasteiger partial charge in [0.05, 0.1) is 0 Å². The first-order valence-corrected chi connectivity index (χ1v) is 8.55. The Morgan fingerprint density at radius 3 is 2.81 bits per heavy atom. The molecule has 0 aliphatic heterocycles. The van der Waals surface area contributed by atoms with E-state index in [0.717, 1.165) is 18.4 Å². The van der Waals surface area contributed by atoms with Gasteiger partial charge in [-0.15, -0.1) is 0 Å². The molecule has 1 aliphatic rings. The van der Waals surface area contributed by atoms with Crippen LogP contribution >= 0.6 is 0 Å². The molecule has 138 valence electrons. The predicted octanol–water partition coefficient (Wildman–Crippen LogP) is 3.93. The van der Waals surface area contributed by atoms with Crippen LogP contribution in [0.2, 0.25) is 0 Å². The van der Waals surface area contributed by atoms with E-state index < -0.39 is 6.61 Å². The molecule has 1 aliphatic carbocycles. The standard InChI is InChI=1S/C19H20F2N2O3/c20-19(21)26-16-7-3-4-14(11-16)18(24)23-12-13-8-9-22-17(10-13)25-15-5-1-2-6-15/h3-4,7-11,15,19H,1-2,5-6,12H2,(H,23,24). The van der Waals surface area contributed by atoms with Gasteiger partial charge in [-0.1, -0.05) is 6.07 Å². The van der Waals surface area contributed by atoms with Gasteiger partial charge in [-0.05, 0) is 55.5 Å². The highest BCUT2D eigenvalue weighted by Crippen LogP contribution is 2.23. The number of halogens is 2. The topological polar surface area (TPSA) is 60.5 Å². The number of hydrogen-bond acceptors (Lipinski definition) is 4. The zero-order chi connectivity index (χ0) is 18.4. The zero-order valence-electron chi connectivity index (χ0n) is 14.2. The summed E-state index contributed by atoms with van der Waals surface area (Å²) in [5.74, 6) is 0.125. The number of benzene rings is 1. The van der Waals surface area contributed by atoms with Gasteiger partial charge in [0.2, 0.25) is 5.88 Å². The van der Waals surface area contributed by atoms with Crippen LogP contribution in [0.5, 0.6) is 11.6 Å². The molecule has 2 aromatic rings. The maximum atomic E-state index is 12.3. The van der Waals surface area contributed by atoms with Gasteiger partial charge in [-0.2, -0.15) is 8.78 Å². The van der Waals surface area contributed by atoms with Crippen LogP contribution in [0.4, 0.5) is 8.78 Å². The molecule has 1 N–H and O–H groups in total. The van der Waals surface area contributed by atoms with Crippen LogP contribution in [0.25, 0.3) is 0 Å². The number of carbonyl (C=O) groups excluding carboxylic acids is 1. The SMILES string of the molecule is O=C(NCc1ccnc(OC2CCCC2)c1)c1cccc(OC(F)F)c1. The number of amides is 1. The molecule has 0 unspecified atom stereocenters. The van der Waals surface area contributed by atoms with Crippen LogP contribution in [0, 0.1) is 0 Å². The maximum Gasteiger partial charge on any atom is 0.387 e. The first-order valence-electron chi connectivity index (χ1n) is 8.55. The van der Waals surface area contributed by atoms with Crippen molar-refractivity contribution in [1.82, 2.24) is 10.3 Å². The Hall–Kier alpha value is -2.70. The number of hydrogen-bond donors (Lipinski definition) is 1. The molecule has 1 fully saturated rings. The van der Waals surface area contributed by atoms with Crippen molar-refractivity contribution in [2.75, 3.05) is 0 Å². The van der Waals surface area contributed by atoms with Gasteiger partial charge in [0, 0.05) is 24.4 Å². The van der Waals surface area contributed by atoms with E-state index >= 15 is 0 Å². The first kappa shape index (κ1) is 18.1. The highest BCUT2D eigenvalue weighted by atomic mass is 19.3. The second-order valence-corrected chi connectivity index (χ2v) is 6.12. The summed E-state index contributed by atoms with van der Waals surface area (Å²) >= 11 is 0. The summed E-state index contributed by atoms with van der Waals surface area (Å²) in [6, 6.07) is 9.27. The van der Waals surface area contributed by atoms with Crippen molar-refractivity contribution in [3.05, 3.63) is 53.7 Å². The number of nitrogens with one attached hydrogen (secondary N) is 1. The van der Waals surface area contributed by atoms with Crippen molar-refractivity contribution in [2.45, 2.75) is 44.9 Å². The average molecular weight is 362 g/mol. The highest BCUT2D eigenvalue weighted by Gasteiger charge is 2.17. The lowest BCUT2D eigenvalue weighted by Crippen LogP contribution is -2.23. The molecule has 3 rings (SSSR count). The van der Waals surface area contributed by atoms with Gasteiger partial charge < -0.3 is 14.8 Å². The second-order valence-electron chi connectivity index (χ2n) is 6.12. The number of aromatic nitrogens is 1. The highest BCUT2D eigenvalue weighted by molar-refractivity contribution is 5.94. The third-order valence-electron chi connectivity index (χ3n) is 4.16. The smallest absolute Gasteiger partial charge is 0.387 e. The molecule has 1 aromatic carbocycles. The lowest BCUT2D eigenvalue weighted by molar-refractivity contribution is -0.0498. The summed E-state index contributed by atoms with van der Waals surface area (Å²) in [5.41, 5.74) is 1.10. The van der Waals surface area contributed by atoms with E-state index in [-0.39, 0.29) is 29.9 Å². The van der Waals surface area contributed by atoms with Gasteiger partial charge in [0.15, 0.2) is 0 Å². The minimum Gasteiger partial charge on any atom is -0.474 e. The number of ether oxygens (including phenoxy) is 2. The lowest BCUT2D eigenvalue weighted by atomic mass is 10.2. The Kier molecular flexibility index (Phi) is 5.99. The van der Waals surface area contributed by atoms with E-state index in [1.165, 1.54) is 37.1 Å². The first-order chi connectivity index (χ1) is 12.6. The van der Waals surface area contributed by atoms with Crippen molar-refractivity contribution in [1.29, 1.82) is 0 Å². The number of carbonyl (C=O) groups is 1. The van der Waals surface area contributed by atoms with E-state index in [1.807, 2.05) is 0 Å². The molecule has 1 aromatic heterocycles. The molecule has 0 saturated heterocycles. The van der Waals surface area contributed by atoms with E-state index in [0.29, 0.717) is 5.88 Å². The molecule has 0 spiro atoms. The van der Waals surface area contributed by atoms with Gasteiger partial charge >= 0.3 is 6.61 Å². The molecule has 1 saturated carbocycles. The maximum absolute atomic E-state index is 12.3. The Bertz CT molecular complexity index is 749. The van der Waals surface area contributed by atoms with E-state index in [9.17, 15) is 13.6 Å². The fourth-order valence-electron chi connectivity index (χ4n) is 2.90. The third-order valence-corrected chi connectivity index (χ3v) is 4.16. The summed E-state index contributed by atoms with van der Waals surface area (Å²) in [6.45, 7) is -2.65. The zero-order valence-corrected chi connectivity index (χ0v) is 14.2. The average Bonchev–Trinajstić information content (AvgIpc) is 3.12. The Labute approximate surface area is 150 Å². The third kappa shape index (κ3) is 5.15. The number of alkyl halides is 2. The lowest BCUT2D eigenvalue weighted by Gasteiger charge is -2.13. The Morgan fingerprint density at radius 2 is 2.04 bits per heavy atom. The summed E-state index contributed by atoms with van der Waals surface area (Å²) in [6.07, 6.45) is 6.29. The largest absolute Gasteiger partial charge is 0.474 e. The summed E-state index contributed by atoms with van der Waals surface area (Å²) in [5, 5.41) is 2.75. The Morgan fingerprint density at radius 1 is 1.23 bits per heavy atom.